The fraction of sp³-hybridized carbons (Fsp3) is 0.0769. The standard InChI is InChI=1S/C26H20N2/c1-28-23-14-5-3-11-20(23)26-18(9-7-15-24(26)28)16-17-8-6-13-22-25(17)19-10-2-4-12-21(19)27-22/h2-15,27H,16H2,1H3. The zero-order chi connectivity index (χ0) is 18.7. The van der Waals surface area contributed by atoms with Crippen LogP contribution >= 0.6 is 0 Å². The third-order valence-electron chi connectivity index (χ3n) is 6.02. The smallest absolute Gasteiger partial charge is 0.0491 e. The second kappa shape index (κ2) is 5.74. The van der Waals surface area contributed by atoms with E-state index in [4.69, 9.17) is 0 Å². The van der Waals surface area contributed by atoms with Gasteiger partial charge in [0.2, 0.25) is 0 Å². The monoisotopic (exact) mass is 360 g/mol. The van der Waals surface area contributed by atoms with Crippen molar-refractivity contribution < 1.29 is 0 Å². The Kier molecular flexibility index (Phi) is 3.18. The van der Waals surface area contributed by atoms with Gasteiger partial charge in [-0.05, 0) is 41.8 Å². The highest BCUT2D eigenvalue weighted by Crippen LogP contribution is 2.34. The minimum absolute atomic E-state index is 0.921. The molecule has 6 aromatic rings. The lowest BCUT2D eigenvalue weighted by atomic mass is 9.96. The number of benzene rings is 4. The van der Waals surface area contributed by atoms with Crippen LogP contribution in [-0.2, 0) is 13.5 Å². The molecular weight excluding hydrogens is 340 g/mol. The van der Waals surface area contributed by atoms with E-state index >= 15 is 0 Å². The van der Waals surface area contributed by atoms with Crippen LogP contribution in [0, 0.1) is 0 Å². The second-order valence-corrected chi connectivity index (χ2v) is 7.57. The Morgan fingerprint density at radius 1 is 0.607 bits per heavy atom. The number of aromatic amines is 1. The van der Waals surface area contributed by atoms with E-state index in [9.17, 15) is 0 Å². The van der Waals surface area contributed by atoms with Gasteiger partial charge in [0.15, 0.2) is 0 Å². The molecule has 28 heavy (non-hydrogen) atoms. The number of para-hydroxylation sites is 2. The number of hydrogen-bond donors (Lipinski definition) is 1. The van der Waals surface area contributed by atoms with Crippen LogP contribution in [0.25, 0.3) is 43.6 Å². The molecule has 6 rings (SSSR count). The Labute approximate surface area is 163 Å². The molecule has 0 aliphatic rings. The molecule has 1 N–H and O–H groups in total. The van der Waals surface area contributed by atoms with Crippen LogP contribution in [0.1, 0.15) is 11.1 Å². The van der Waals surface area contributed by atoms with Gasteiger partial charge < -0.3 is 9.55 Å². The Bertz CT molecular complexity index is 1500. The zero-order valence-corrected chi connectivity index (χ0v) is 15.7. The molecule has 0 fully saturated rings. The van der Waals surface area contributed by atoms with Gasteiger partial charge >= 0.3 is 0 Å². The van der Waals surface area contributed by atoms with Crippen molar-refractivity contribution in [2.45, 2.75) is 6.42 Å². The summed E-state index contributed by atoms with van der Waals surface area (Å²) in [4.78, 5) is 3.57. The normalized spacial score (nSPS) is 11.9. The van der Waals surface area contributed by atoms with E-state index in [0.29, 0.717) is 0 Å². The molecule has 0 bridgehead atoms. The topological polar surface area (TPSA) is 20.7 Å². The number of H-pyrrole nitrogens is 1. The lowest BCUT2D eigenvalue weighted by Gasteiger charge is -2.07. The van der Waals surface area contributed by atoms with Crippen molar-refractivity contribution in [3.8, 4) is 0 Å². The predicted octanol–water partition coefficient (Wildman–Crippen LogP) is 6.56. The Balaban J connectivity index is 1.63. The maximum atomic E-state index is 3.57. The van der Waals surface area contributed by atoms with Crippen LogP contribution in [0.2, 0.25) is 0 Å². The summed E-state index contributed by atoms with van der Waals surface area (Å²) in [6.45, 7) is 0. The van der Waals surface area contributed by atoms with Crippen molar-refractivity contribution in [1.82, 2.24) is 9.55 Å². The number of fused-ring (bicyclic) bond motifs is 6. The van der Waals surface area contributed by atoms with E-state index in [2.05, 4.69) is 102 Å². The molecule has 0 saturated carbocycles. The fourth-order valence-corrected chi connectivity index (χ4v) is 4.76. The molecule has 2 aromatic heterocycles. The molecule has 0 radical (unpaired) electrons. The summed E-state index contributed by atoms with van der Waals surface area (Å²) in [6, 6.07) is 30.6. The Hall–Kier alpha value is -3.52. The highest BCUT2D eigenvalue weighted by atomic mass is 14.9. The molecule has 0 spiro atoms. The summed E-state index contributed by atoms with van der Waals surface area (Å²) < 4.78 is 2.31. The molecule has 0 unspecified atom stereocenters. The van der Waals surface area contributed by atoms with Gasteiger partial charge in [0.1, 0.15) is 0 Å². The van der Waals surface area contributed by atoms with E-state index < -0.39 is 0 Å². The molecule has 0 amide bonds. The largest absolute Gasteiger partial charge is 0.355 e. The van der Waals surface area contributed by atoms with Gasteiger partial charge in [0.25, 0.3) is 0 Å². The highest BCUT2D eigenvalue weighted by molar-refractivity contribution is 6.11. The number of aromatic nitrogens is 2. The van der Waals surface area contributed by atoms with E-state index in [1.54, 1.807) is 0 Å². The fourth-order valence-electron chi connectivity index (χ4n) is 4.76. The first-order valence-electron chi connectivity index (χ1n) is 9.74. The second-order valence-electron chi connectivity index (χ2n) is 7.57. The summed E-state index contributed by atoms with van der Waals surface area (Å²) >= 11 is 0. The van der Waals surface area contributed by atoms with Gasteiger partial charge in [-0.25, -0.2) is 0 Å². The van der Waals surface area contributed by atoms with E-state index in [0.717, 1.165) is 6.42 Å². The van der Waals surface area contributed by atoms with E-state index in [1.807, 2.05) is 0 Å². The molecule has 2 nitrogen and oxygen atoms in total. The SMILES string of the molecule is Cn1c2ccccc2c2c(Cc3cccc4[nH]c5ccccc5c34)cccc21. The minimum Gasteiger partial charge on any atom is -0.355 e. The predicted molar refractivity (Wildman–Crippen MR) is 119 cm³/mol. The van der Waals surface area contributed by atoms with Crippen LogP contribution in [0.5, 0.6) is 0 Å². The molecule has 0 atom stereocenters. The van der Waals surface area contributed by atoms with Gasteiger partial charge in [-0.2, -0.15) is 0 Å². The Morgan fingerprint density at radius 2 is 1.25 bits per heavy atom. The van der Waals surface area contributed by atoms with Crippen molar-refractivity contribution in [1.29, 1.82) is 0 Å². The summed E-state index contributed by atoms with van der Waals surface area (Å²) in [5.74, 6) is 0. The van der Waals surface area contributed by atoms with Crippen LogP contribution in [0.15, 0.2) is 84.9 Å². The molecule has 0 saturated heterocycles. The Morgan fingerprint density at radius 3 is 2.14 bits per heavy atom. The number of nitrogens with zero attached hydrogens (tertiary/aromatic N) is 1. The third-order valence-corrected chi connectivity index (χ3v) is 6.02. The molecule has 2 heterocycles. The van der Waals surface area contributed by atoms with Crippen LogP contribution in [0.3, 0.4) is 0 Å². The number of nitrogens with one attached hydrogen (secondary N) is 1. The van der Waals surface area contributed by atoms with Gasteiger partial charge in [-0.3, -0.25) is 0 Å². The molecule has 0 aliphatic carbocycles. The molecule has 0 aliphatic heterocycles. The number of rotatable bonds is 2. The molecular formula is C26H20N2. The van der Waals surface area contributed by atoms with Gasteiger partial charge in [-0.15, -0.1) is 0 Å². The highest BCUT2D eigenvalue weighted by Gasteiger charge is 2.14. The lowest BCUT2D eigenvalue weighted by Crippen LogP contribution is -1.91. The summed E-state index contributed by atoms with van der Waals surface area (Å²) in [5.41, 5.74) is 7.75. The van der Waals surface area contributed by atoms with Gasteiger partial charge in [0, 0.05) is 50.7 Å². The maximum absolute atomic E-state index is 3.57. The first-order valence-corrected chi connectivity index (χ1v) is 9.74. The average Bonchev–Trinajstić information content (AvgIpc) is 3.26. The van der Waals surface area contributed by atoms with Crippen molar-refractivity contribution >= 4 is 43.6 Å². The van der Waals surface area contributed by atoms with E-state index in [1.165, 1.54) is 54.7 Å². The summed E-state index contributed by atoms with van der Waals surface area (Å²) in [7, 11) is 2.16. The van der Waals surface area contributed by atoms with Crippen molar-refractivity contribution in [2.24, 2.45) is 7.05 Å². The third kappa shape index (κ3) is 2.09. The van der Waals surface area contributed by atoms with Crippen molar-refractivity contribution in [2.75, 3.05) is 0 Å². The first-order chi connectivity index (χ1) is 13.8. The summed E-state index contributed by atoms with van der Waals surface area (Å²) in [5, 5.41) is 5.35. The molecule has 2 heteroatoms. The average molecular weight is 360 g/mol. The lowest BCUT2D eigenvalue weighted by molar-refractivity contribution is 1.01. The first kappa shape index (κ1) is 15.5. The minimum atomic E-state index is 0.921. The number of hydrogen-bond acceptors (Lipinski definition) is 0. The quantitative estimate of drug-likeness (QED) is 0.361. The maximum Gasteiger partial charge on any atom is 0.0491 e. The molecule has 134 valence electrons. The summed E-state index contributed by atoms with van der Waals surface area (Å²) in [6.07, 6.45) is 0.921. The van der Waals surface area contributed by atoms with Crippen LogP contribution in [-0.4, -0.2) is 9.55 Å². The van der Waals surface area contributed by atoms with Gasteiger partial charge in [0.05, 0.1) is 0 Å². The van der Waals surface area contributed by atoms with Crippen molar-refractivity contribution in [3.63, 3.8) is 0 Å². The van der Waals surface area contributed by atoms with Crippen LogP contribution < -0.4 is 0 Å². The zero-order valence-electron chi connectivity index (χ0n) is 15.7. The number of aryl methyl sites for hydroxylation is 1. The van der Waals surface area contributed by atoms with Crippen LogP contribution in [0.4, 0.5) is 0 Å². The molecule has 4 aromatic carbocycles. The van der Waals surface area contributed by atoms with Gasteiger partial charge in [-0.1, -0.05) is 60.7 Å². The van der Waals surface area contributed by atoms with E-state index in [-0.39, 0.29) is 0 Å². The van der Waals surface area contributed by atoms with Crippen molar-refractivity contribution in [3.05, 3.63) is 96.1 Å².